The summed E-state index contributed by atoms with van der Waals surface area (Å²) in [6, 6.07) is 9.16. The molecule has 1 aromatic carbocycles. The zero-order valence-electron chi connectivity index (χ0n) is 12.2. The molecule has 0 aliphatic carbocycles. The number of nitrogens with one attached hydrogen (secondary N) is 1. The second kappa shape index (κ2) is 7.51. The molecule has 0 bridgehead atoms. The molecular formula is C16H26N2O. The number of nitrogens with zero attached hydrogens (tertiary/aromatic N) is 1. The molecule has 106 valence electrons. The van der Waals surface area contributed by atoms with Crippen LogP contribution in [0.3, 0.4) is 0 Å². The van der Waals surface area contributed by atoms with E-state index in [1.54, 1.807) is 7.11 Å². The number of hydrogen-bond acceptors (Lipinski definition) is 3. The van der Waals surface area contributed by atoms with Crippen molar-refractivity contribution in [1.29, 1.82) is 0 Å². The minimum absolute atomic E-state index is 0.719. The highest BCUT2D eigenvalue weighted by Crippen LogP contribution is 2.14. The molecule has 1 aliphatic rings. The SMILES string of the molecule is CCN(CCc1ccc(OC)cc1)C1CCCNC1. The molecule has 1 heterocycles. The van der Waals surface area contributed by atoms with Crippen molar-refractivity contribution in [3.05, 3.63) is 29.8 Å². The zero-order valence-corrected chi connectivity index (χ0v) is 12.2. The Kier molecular flexibility index (Phi) is 5.67. The van der Waals surface area contributed by atoms with E-state index in [4.69, 9.17) is 4.74 Å². The first-order valence-corrected chi connectivity index (χ1v) is 7.41. The van der Waals surface area contributed by atoms with Gasteiger partial charge in [0.15, 0.2) is 0 Å². The zero-order chi connectivity index (χ0) is 13.5. The maximum absolute atomic E-state index is 5.19. The lowest BCUT2D eigenvalue weighted by molar-refractivity contribution is 0.176. The summed E-state index contributed by atoms with van der Waals surface area (Å²) < 4.78 is 5.19. The molecule has 0 radical (unpaired) electrons. The lowest BCUT2D eigenvalue weighted by Gasteiger charge is -2.34. The molecule has 3 nitrogen and oxygen atoms in total. The van der Waals surface area contributed by atoms with Crippen molar-refractivity contribution < 1.29 is 4.74 Å². The Balaban J connectivity index is 1.84. The van der Waals surface area contributed by atoms with Gasteiger partial charge in [-0.15, -0.1) is 0 Å². The van der Waals surface area contributed by atoms with Crippen LogP contribution in [0.4, 0.5) is 0 Å². The second-order valence-electron chi connectivity index (χ2n) is 5.23. The van der Waals surface area contributed by atoms with E-state index >= 15 is 0 Å². The summed E-state index contributed by atoms with van der Waals surface area (Å²) in [4.78, 5) is 2.61. The van der Waals surface area contributed by atoms with E-state index in [-0.39, 0.29) is 0 Å². The van der Waals surface area contributed by atoms with Crippen molar-refractivity contribution in [2.75, 3.05) is 33.3 Å². The fourth-order valence-electron chi connectivity index (χ4n) is 2.81. The molecular weight excluding hydrogens is 236 g/mol. The molecule has 0 aromatic heterocycles. The third-order valence-electron chi connectivity index (χ3n) is 4.04. The largest absolute Gasteiger partial charge is 0.497 e. The molecule has 3 heteroatoms. The molecule has 1 aromatic rings. The van der Waals surface area contributed by atoms with Crippen molar-refractivity contribution in [2.24, 2.45) is 0 Å². The Bertz CT molecular complexity index is 358. The molecule has 0 spiro atoms. The van der Waals surface area contributed by atoms with Crippen molar-refractivity contribution in [2.45, 2.75) is 32.2 Å². The third-order valence-corrected chi connectivity index (χ3v) is 4.04. The number of methoxy groups -OCH3 is 1. The predicted molar refractivity (Wildman–Crippen MR) is 79.8 cm³/mol. The first-order valence-electron chi connectivity index (χ1n) is 7.41. The van der Waals surface area contributed by atoms with Gasteiger partial charge in [-0.25, -0.2) is 0 Å². The van der Waals surface area contributed by atoms with E-state index < -0.39 is 0 Å². The van der Waals surface area contributed by atoms with Crippen LogP contribution in [-0.4, -0.2) is 44.2 Å². The normalized spacial score (nSPS) is 19.6. The van der Waals surface area contributed by atoms with Crippen LogP contribution in [0.15, 0.2) is 24.3 Å². The number of ether oxygens (including phenoxy) is 1. The minimum atomic E-state index is 0.719. The van der Waals surface area contributed by atoms with Crippen molar-refractivity contribution in [1.82, 2.24) is 10.2 Å². The summed E-state index contributed by atoms with van der Waals surface area (Å²) in [7, 11) is 1.71. The van der Waals surface area contributed by atoms with Crippen LogP contribution in [0.2, 0.25) is 0 Å². The van der Waals surface area contributed by atoms with Gasteiger partial charge in [0.05, 0.1) is 7.11 Å². The Labute approximate surface area is 116 Å². The summed E-state index contributed by atoms with van der Waals surface area (Å²) in [5.74, 6) is 0.938. The molecule has 0 amide bonds. The lowest BCUT2D eigenvalue weighted by atomic mass is 10.0. The maximum atomic E-state index is 5.19. The fraction of sp³-hybridized carbons (Fsp3) is 0.625. The van der Waals surface area contributed by atoms with Gasteiger partial charge in [0, 0.05) is 19.1 Å². The standard InChI is InChI=1S/C16H26N2O/c1-3-18(15-5-4-11-17-13-15)12-10-14-6-8-16(19-2)9-7-14/h6-9,15,17H,3-5,10-13H2,1-2H3. The van der Waals surface area contributed by atoms with Crippen LogP contribution < -0.4 is 10.1 Å². The van der Waals surface area contributed by atoms with Crippen LogP contribution in [0.25, 0.3) is 0 Å². The van der Waals surface area contributed by atoms with Gasteiger partial charge in [-0.3, -0.25) is 4.90 Å². The monoisotopic (exact) mass is 262 g/mol. The Morgan fingerprint density at radius 3 is 2.68 bits per heavy atom. The van der Waals surface area contributed by atoms with Gasteiger partial charge in [0.1, 0.15) is 5.75 Å². The number of likely N-dealkylation sites (N-methyl/N-ethyl adjacent to an activating group) is 1. The van der Waals surface area contributed by atoms with E-state index in [1.165, 1.54) is 24.9 Å². The molecule has 1 aliphatic heterocycles. The van der Waals surface area contributed by atoms with Crippen LogP contribution in [0.5, 0.6) is 5.75 Å². The molecule has 1 N–H and O–H groups in total. The van der Waals surface area contributed by atoms with Gasteiger partial charge in [-0.2, -0.15) is 0 Å². The number of benzene rings is 1. The van der Waals surface area contributed by atoms with Crippen molar-refractivity contribution in [3.8, 4) is 5.75 Å². The van der Waals surface area contributed by atoms with Gasteiger partial charge in [0.25, 0.3) is 0 Å². The Morgan fingerprint density at radius 2 is 2.11 bits per heavy atom. The number of hydrogen-bond donors (Lipinski definition) is 1. The highest BCUT2D eigenvalue weighted by molar-refractivity contribution is 5.27. The van der Waals surface area contributed by atoms with Crippen LogP contribution in [0.1, 0.15) is 25.3 Å². The number of piperidine rings is 1. The quantitative estimate of drug-likeness (QED) is 0.851. The second-order valence-corrected chi connectivity index (χ2v) is 5.23. The van der Waals surface area contributed by atoms with Gasteiger partial charge in [0.2, 0.25) is 0 Å². The lowest BCUT2D eigenvalue weighted by Crippen LogP contribution is -2.46. The van der Waals surface area contributed by atoms with E-state index in [0.717, 1.165) is 37.8 Å². The molecule has 1 fully saturated rings. The summed E-state index contributed by atoms with van der Waals surface area (Å²) in [5, 5.41) is 3.50. The third kappa shape index (κ3) is 4.22. The molecule has 19 heavy (non-hydrogen) atoms. The summed E-state index contributed by atoms with van der Waals surface area (Å²) >= 11 is 0. The van der Waals surface area contributed by atoms with Gasteiger partial charge in [-0.05, 0) is 50.0 Å². The summed E-state index contributed by atoms with van der Waals surface area (Å²) in [6.07, 6.45) is 3.77. The first kappa shape index (κ1) is 14.4. The van der Waals surface area contributed by atoms with Crippen molar-refractivity contribution >= 4 is 0 Å². The summed E-state index contributed by atoms with van der Waals surface area (Å²) in [5.41, 5.74) is 1.39. The molecule has 1 saturated heterocycles. The molecule has 1 unspecified atom stereocenters. The van der Waals surface area contributed by atoms with Gasteiger partial charge >= 0.3 is 0 Å². The molecule has 2 rings (SSSR count). The highest BCUT2D eigenvalue weighted by Gasteiger charge is 2.18. The predicted octanol–water partition coefficient (Wildman–Crippen LogP) is 2.31. The van der Waals surface area contributed by atoms with Crippen LogP contribution >= 0.6 is 0 Å². The van der Waals surface area contributed by atoms with E-state index in [1.807, 2.05) is 12.1 Å². The molecule has 0 saturated carbocycles. The average Bonchev–Trinajstić information content (AvgIpc) is 2.49. The first-order chi connectivity index (χ1) is 9.33. The Hall–Kier alpha value is -1.06. The number of rotatable bonds is 6. The fourth-order valence-corrected chi connectivity index (χ4v) is 2.81. The van der Waals surface area contributed by atoms with E-state index in [0.29, 0.717) is 0 Å². The van der Waals surface area contributed by atoms with Crippen molar-refractivity contribution in [3.63, 3.8) is 0 Å². The van der Waals surface area contributed by atoms with Crippen LogP contribution in [-0.2, 0) is 6.42 Å². The van der Waals surface area contributed by atoms with E-state index in [9.17, 15) is 0 Å². The van der Waals surface area contributed by atoms with Gasteiger partial charge < -0.3 is 10.1 Å². The van der Waals surface area contributed by atoms with Gasteiger partial charge in [-0.1, -0.05) is 19.1 Å². The van der Waals surface area contributed by atoms with E-state index in [2.05, 4.69) is 29.3 Å². The summed E-state index contributed by atoms with van der Waals surface area (Å²) in [6.45, 7) is 6.89. The minimum Gasteiger partial charge on any atom is -0.497 e. The van der Waals surface area contributed by atoms with Crippen LogP contribution in [0, 0.1) is 0 Å². The average molecular weight is 262 g/mol. The highest BCUT2D eigenvalue weighted by atomic mass is 16.5. The topological polar surface area (TPSA) is 24.5 Å². The smallest absolute Gasteiger partial charge is 0.118 e. The Morgan fingerprint density at radius 1 is 1.32 bits per heavy atom. The maximum Gasteiger partial charge on any atom is 0.118 e. The molecule has 1 atom stereocenters.